The molecular weight excluding hydrogens is 296 g/mol. The zero-order chi connectivity index (χ0) is 15.8. The fourth-order valence-corrected chi connectivity index (χ4v) is 3.12. The summed E-state index contributed by atoms with van der Waals surface area (Å²) in [6.45, 7) is 3.54. The van der Waals surface area contributed by atoms with E-state index in [4.69, 9.17) is 4.52 Å². The molecule has 8 heteroatoms. The van der Waals surface area contributed by atoms with Crippen LogP contribution in [0, 0.1) is 0 Å². The summed E-state index contributed by atoms with van der Waals surface area (Å²) in [5.41, 5.74) is 1.30. The quantitative estimate of drug-likeness (QED) is 0.780. The van der Waals surface area contributed by atoms with Crippen LogP contribution in [0.3, 0.4) is 0 Å². The fraction of sp³-hybridized carbons (Fsp3) is 0.467. The number of hydrogen-bond acceptors (Lipinski definition) is 6. The van der Waals surface area contributed by atoms with Crippen LogP contribution < -0.4 is 5.56 Å². The van der Waals surface area contributed by atoms with Crippen LogP contribution >= 0.6 is 0 Å². The summed E-state index contributed by atoms with van der Waals surface area (Å²) in [5, 5.41) is 6.95. The number of H-pyrrole nitrogens is 1. The molecule has 1 fully saturated rings. The van der Waals surface area contributed by atoms with Gasteiger partial charge in [-0.2, -0.15) is 4.98 Å². The predicted molar refractivity (Wildman–Crippen MR) is 81.9 cm³/mol. The molecule has 8 nitrogen and oxygen atoms in total. The zero-order valence-electron chi connectivity index (χ0n) is 12.9. The number of nitrogens with zero attached hydrogens (tertiary/aromatic N) is 5. The molecule has 1 atom stereocenters. The minimum Gasteiger partial charge on any atom is -0.339 e. The van der Waals surface area contributed by atoms with E-state index in [0.29, 0.717) is 18.1 Å². The number of rotatable bonds is 4. The van der Waals surface area contributed by atoms with E-state index in [9.17, 15) is 4.79 Å². The lowest BCUT2D eigenvalue weighted by atomic mass is 10.2. The first-order valence-electron chi connectivity index (χ1n) is 7.87. The van der Waals surface area contributed by atoms with Crippen LogP contribution in [0.1, 0.15) is 43.2 Å². The third-order valence-corrected chi connectivity index (χ3v) is 4.25. The van der Waals surface area contributed by atoms with Crippen molar-refractivity contribution in [2.45, 2.75) is 38.8 Å². The highest BCUT2D eigenvalue weighted by atomic mass is 16.5. The fourth-order valence-electron chi connectivity index (χ4n) is 3.12. The van der Waals surface area contributed by atoms with Crippen molar-refractivity contribution in [1.82, 2.24) is 29.6 Å². The summed E-state index contributed by atoms with van der Waals surface area (Å²) in [6.07, 6.45) is 4.51. The Morgan fingerprint density at radius 2 is 2.35 bits per heavy atom. The zero-order valence-corrected chi connectivity index (χ0v) is 12.9. The number of aromatic amines is 1. The van der Waals surface area contributed by atoms with Crippen molar-refractivity contribution in [2.24, 2.45) is 0 Å². The molecule has 0 aliphatic carbocycles. The van der Waals surface area contributed by atoms with Crippen LogP contribution in [-0.2, 0) is 13.0 Å². The second-order valence-electron chi connectivity index (χ2n) is 5.77. The second kappa shape index (κ2) is 5.62. The Kier molecular flexibility index (Phi) is 3.45. The van der Waals surface area contributed by atoms with Gasteiger partial charge in [-0.25, -0.2) is 9.50 Å². The Hall–Kier alpha value is -2.48. The summed E-state index contributed by atoms with van der Waals surface area (Å²) in [6, 6.07) is 3.50. The normalized spacial score (nSPS) is 18.9. The Morgan fingerprint density at radius 3 is 3.17 bits per heavy atom. The monoisotopic (exact) mass is 314 g/mol. The SMILES string of the molecule is CCc1nc([C@H]2CCCN2Cc2cc(=O)n3[nH]ccc3n2)no1. The number of nitrogens with one attached hydrogen (secondary N) is 1. The minimum absolute atomic E-state index is 0.0985. The number of likely N-dealkylation sites (tertiary alicyclic amines) is 1. The Morgan fingerprint density at radius 1 is 1.43 bits per heavy atom. The summed E-state index contributed by atoms with van der Waals surface area (Å²) in [7, 11) is 0. The van der Waals surface area contributed by atoms with Gasteiger partial charge in [-0.3, -0.25) is 14.8 Å². The molecule has 1 saturated heterocycles. The smallest absolute Gasteiger partial charge is 0.272 e. The number of fused-ring (bicyclic) bond motifs is 1. The molecule has 1 aliphatic heterocycles. The van der Waals surface area contributed by atoms with E-state index in [1.165, 1.54) is 4.52 Å². The third kappa shape index (κ3) is 2.55. The second-order valence-corrected chi connectivity index (χ2v) is 5.77. The molecule has 4 rings (SSSR count). The number of aryl methyl sites for hydroxylation is 1. The molecule has 0 spiro atoms. The van der Waals surface area contributed by atoms with Gasteiger partial charge in [0.2, 0.25) is 5.89 Å². The summed E-state index contributed by atoms with van der Waals surface area (Å²) < 4.78 is 6.66. The third-order valence-electron chi connectivity index (χ3n) is 4.25. The molecule has 1 aliphatic rings. The van der Waals surface area contributed by atoms with Crippen molar-refractivity contribution in [1.29, 1.82) is 0 Å². The van der Waals surface area contributed by atoms with Crippen molar-refractivity contribution in [3.05, 3.63) is 46.1 Å². The van der Waals surface area contributed by atoms with Gasteiger partial charge in [0.25, 0.3) is 5.56 Å². The highest BCUT2D eigenvalue weighted by Crippen LogP contribution is 2.31. The first-order valence-corrected chi connectivity index (χ1v) is 7.87. The highest BCUT2D eigenvalue weighted by Gasteiger charge is 2.30. The van der Waals surface area contributed by atoms with E-state index in [1.54, 1.807) is 18.3 Å². The van der Waals surface area contributed by atoms with Crippen molar-refractivity contribution >= 4 is 5.65 Å². The van der Waals surface area contributed by atoms with Crippen LogP contribution in [0.5, 0.6) is 0 Å². The summed E-state index contributed by atoms with van der Waals surface area (Å²) in [5.74, 6) is 1.40. The largest absolute Gasteiger partial charge is 0.339 e. The molecule has 0 bridgehead atoms. The van der Waals surface area contributed by atoms with Crippen molar-refractivity contribution < 1.29 is 4.52 Å². The molecule has 1 N–H and O–H groups in total. The van der Waals surface area contributed by atoms with Gasteiger partial charge in [0.05, 0.1) is 11.7 Å². The maximum atomic E-state index is 12.1. The Labute approximate surface area is 132 Å². The van der Waals surface area contributed by atoms with E-state index in [2.05, 4.69) is 25.1 Å². The van der Waals surface area contributed by atoms with Crippen molar-refractivity contribution in [3.8, 4) is 0 Å². The summed E-state index contributed by atoms with van der Waals surface area (Å²) in [4.78, 5) is 23.3. The van der Waals surface area contributed by atoms with Gasteiger partial charge in [-0.05, 0) is 19.4 Å². The molecule has 0 unspecified atom stereocenters. The van der Waals surface area contributed by atoms with E-state index in [-0.39, 0.29) is 11.6 Å². The van der Waals surface area contributed by atoms with Gasteiger partial charge in [0.1, 0.15) is 0 Å². The molecule has 120 valence electrons. The van der Waals surface area contributed by atoms with Crippen LogP contribution in [0.4, 0.5) is 0 Å². The molecule has 0 radical (unpaired) electrons. The predicted octanol–water partition coefficient (Wildman–Crippen LogP) is 1.31. The first-order chi connectivity index (χ1) is 11.2. The van der Waals surface area contributed by atoms with E-state index >= 15 is 0 Å². The van der Waals surface area contributed by atoms with E-state index in [1.807, 2.05) is 6.92 Å². The maximum Gasteiger partial charge on any atom is 0.272 e. The standard InChI is InChI=1S/C15H18N6O2/c1-2-13-18-15(19-23-13)11-4-3-7-20(11)9-10-8-14(22)21-12(17-10)5-6-16-21/h5-6,8,11,16H,2-4,7,9H2,1H3/t11-/m1/s1. The van der Waals surface area contributed by atoms with Crippen LogP contribution in [0.2, 0.25) is 0 Å². The van der Waals surface area contributed by atoms with Gasteiger partial charge in [0, 0.05) is 31.3 Å². The van der Waals surface area contributed by atoms with Gasteiger partial charge >= 0.3 is 0 Å². The van der Waals surface area contributed by atoms with Gasteiger partial charge in [-0.15, -0.1) is 0 Å². The van der Waals surface area contributed by atoms with Gasteiger partial charge in [0.15, 0.2) is 11.5 Å². The van der Waals surface area contributed by atoms with E-state index < -0.39 is 0 Å². The lowest BCUT2D eigenvalue weighted by Crippen LogP contribution is -2.26. The maximum absolute atomic E-state index is 12.1. The van der Waals surface area contributed by atoms with E-state index in [0.717, 1.165) is 37.3 Å². The lowest BCUT2D eigenvalue weighted by molar-refractivity contribution is 0.231. The molecule has 0 saturated carbocycles. The molecule has 3 aromatic rings. The van der Waals surface area contributed by atoms with Crippen molar-refractivity contribution in [2.75, 3.05) is 6.54 Å². The minimum atomic E-state index is -0.0985. The van der Waals surface area contributed by atoms with Gasteiger partial charge < -0.3 is 4.52 Å². The van der Waals surface area contributed by atoms with Crippen LogP contribution in [-0.4, -0.2) is 36.2 Å². The summed E-state index contributed by atoms with van der Waals surface area (Å²) >= 11 is 0. The average molecular weight is 314 g/mol. The van der Waals surface area contributed by atoms with Crippen molar-refractivity contribution in [3.63, 3.8) is 0 Å². The Bertz CT molecular complexity index is 879. The molecule has 0 aromatic carbocycles. The van der Waals surface area contributed by atoms with Crippen LogP contribution in [0.15, 0.2) is 27.6 Å². The first kappa shape index (κ1) is 14.1. The molecular formula is C15H18N6O2. The number of aromatic nitrogens is 5. The average Bonchev–Trinajstić information content (AvgIpc) is 3.26. The molecule has 0 amide bonds. The Balaban J connectivity index is 1.59. The highest BCUT2D eigenvalue weighted by molar-refractivity contribution is 5.36. The van der Waals surface area contributed by atoms with Crippen LogP contribution in [0.25, 0.3) is 5.65 Å². The molecule has 3 aromatic heterocycles. The molecule has 23 heavy (non-hydrogen) atoms. The van der Waals surface area contributed by atoms with Gasteiger partial charge in [-0.1, -0.05) is 12.1 Å². The lowest BCUT2D eigenvalue weighted by Gasteiger charge is -2.21. The molecule has 4 heterocycles. The topological polar surface area (TPSA) is 92.3 Å². The number of hydrogen-bond donors (Lipinski definition) is 1.